The van der Waals surface area contributed by atoms with Gasteiger partial charge in [-0.25, -0.2) is 17.6 Å². The minimum absolute atomic E-state index is 0.119. The number of hydrogen-bond acceptors (Lipinski definition) is 7. The predicted molar refractivity (Wildman–Crippen MR) is 91.8 cm³/mol. The van der Waals surface area contributed by atoms with E-state index in [0.717, 1.165) is 0 Å². The summed E-state index contributed by atoms with van der Waals surface area (Å²) < 4.78 is 88.0. The van der Waals surface area contributed by atoms with Crippen molar-refractivity contribution in [3.05, 3.63) is 35.9 Å². The Morgan fingerprint density at radius 1 is 0.724 bits per heavy atom. The first kappa shape index (κ1) is 27.1. The number of ether oxygens (including phenoxy) is 5. The predicted octanol–water partition coefficient (Wildman–Crippen LogP) is 2.69. The molecule has 0 bridgehead atoms. The van der Waals surface area contributed by atoms with Gasteiger partial charge < -0.3 is 29.4 Å². The number of esters is 1. The highest BCUT2D eigenvalue weighted by atomic mass is 19.2. The first-order valence-corrected chi connectivity index (χ1v) is 8.51. The van der Waals surface area contributed by atoms with E-state index in [4.69, 9.17) is 24.7 Å². The minimum atomic E-state index is -2.34. The van der Waals surface area contributed by atoms with Crippen molar-refractivity contribution >= 4 is 5.97 Å². The molecule has 7 nitrogen and oxygen atoms in total. The second kappa shape index (κ2) is 18.2. The summed E-state index contributed by atoms with van der Waals surface area (Å²) in [4.78, 5) is 11.4. The van der Waals surface area contributed by atoms with Crippen LogP contribution in [0, 0.1) is 0 Å². The van der Waals surface area contributed by atoms with Crippen LogP contribution in [0.2, 0.25) is 0 Å². The van der Waals surface area contributed by atoms with Gasteiger partial charge in [-0.05, 0) is 0 Å². The van der Waals surface area contributed by atoms with E-state index in [1.165, 1.54) is 0 Å². The Balaban J connectivity index is 3.82. The van der Waals surface area contributed by atoms with Crippen molar-refractivity contribution in [3.8, 4) is 0 Å². The Labute approximate surface area is 164 Å². The van der Waals surface area contributed by atoms with E-state index < -0.39 is 48.3 Å². The summed E-state index contributed by atoms with van der Waals surface area (Å²) in [6, 6.07) is 0. The lowest BCUT2D eigenvalue weighted by Gasteiger charge is -2.08. The zero-order valence-electron chi connectivity index (χ0n) is 15.6. The normalized spacial score (nSPS) is 13.4. The third-order valence-corrected chi connectivity index (χ3v) is 2.87. The third kappa shape index (κ3) is 13.9. The van der Waals surface area contributed by atoms with Gasteiger partial charge in [0.05, 0.1) is 59.3 Å². The summed E-state index contributed by atoms with van der Waals surface area (Å²) >= 11 is 0. The highest BCUT2D eigenvalue weighted by Gasteiger charge is 2.20. The van der Waals surface area contributed by atoms with Crippen LogP contribution in [0.25, 0.3) is 0 Å². The fraction of sp³-hybridized carbons (Fsp3) is 0.588. The molecule has 2 N–H and O–H groups in total. The van der Waals surface area contributed by atoms with Crippen molar-refractivity contribution in [1.82, 2.24) is 0 Å². The Hall–Kier alpha value is -1.86. The Morgan fingerprint density at radius 2 is 1.21 bits per heavy atom. The van der Waals surface area contributed by atoms with Crippen molar-refractivity contribution < 1.29 is 50.4 Å². The van der Waals surface area contributed by atoms with Gasteiger partial charge in [-0.2, -0.15) is 4.39 Å². The lowest BCUT2D eigenvalue weighted by Crippen LogP contribution is -2.15. The maximum Gasteiger partial charge on any atom is 0.313 e. The average molecular weight is 433 g/mol. The maximum atomic E-state index is 13.4. The molecule has 0 aliphatic rings. The number of carbonyl (C=O) groups is 1. The molecule has 12 heteroatoms. The molecule has 0 saturated carbocycles. The van der Waals surface area contributed by atoms with Gasteiger partial charge >= 0.3 is 5.97 Å². The van der Waals surface area contributed by atoms with Gasteiger partial charge in [0.1, 0.15) is 12.7 Å². The molecular weight excluding hydrogens is 409 g/mol. The van der Waals surface area contributed by atoms with Crippen molar-refractivity contribution in [2.45, 2.75) is 6.42 Å². The van der Waals surface area contributed by atoms with E-state index in [1.54, 1.807) is 0 Å². The van der Waals surface area contributed by atoms with Crippen LogP contribution in [0.5, 0.6) is 0 Å². The first-order valence-electron chi connectivity index (χ1n) is 8.51. The summed E-state index contributed by atoms with van der Waals surface area (Å²) in [5, 5.41) is 0. The number of hydrogen-bond donors (Lipinski definition) is 1. The summed E-state index contributed by atoms with van der Waals surface area (Å²) in [6.45, 7) is 2.56. The van der Waals surface area contributed by atoms with Crippen molar-refractivity contribution in [2.75, 3.05) is 59.4 Å². The molecular formula is C17H24F5NO6. The maximum absolute atomic E-state index is 13.4. The standard InChI is InChI=1S/C17H24F5NO6/c18-11-13(20)16(21)17(22)14(12-19)29-15(24)1-3-25-5-7-27-9-10-28-8-6-26-4-2-23/h11-12H,1-10,23H2/b13-11-,14-12-,17-16-. The zero-order valence-corrected chi connectivity index (χ0v) is 15.6. The molecule has 0 aliphatic heterocycles. The molecule has 168 valence electrons. The molecule has 0 rings (SSSR count). The molecule has 0 atom stereocenters. The fourth-order valence-electron chi connectivity index (χ4n) is 1.55. The Morgan fingerprint density at radius 3 is 1.66 bits per heavy atom. The third-order valence-electron chi connectivity index (χ3n) is 2.87. The Bertz CT molecular complexity index is 556. The van der Waals surface area contributed by atoms with Gasteiger partial charge in [0, 0.05) is 6.54 Å². The number of rotatable bonds is 17. The minimum Gasteiger partial charge on any atom is -0.421 e. The summed E-state index contributed by atoms with van der Waals surface area (Å²) in [7, 11) is 0. The number of carbonyl (C=O) groups excluding carboxylic acids is 1. The monoisotopic (exact) mass is 433 g/mol. The molecule has 0 aromatic heterocycles. The molecule has 0 saturated heterocycles. The van der Waals surface area contributed by atoms with Crippen LogP contribution in [0.4, 0.5) is 22.0 Å². The van der Waals surface area contributed by atoms with Gasteiger partial charge in [-0.1, -0.05) is 0 Å². The van der Waals surface area contributed by atoms with E-state index in [-0.39, 0.29) is 19.8 Å². The summed E-state index contributed by atoms with van der Waals surface area (Å²) in [5.41, 5.74) is 5.24. The van der Waals surface area contributed by atoms with Gasteiger partial charge in [-0.3, -0.25) is 4.79 Å². The summed E-state index contributed by atoms with van der Waals surface area (Å²) in [5.74, 6) is -9.46. The fourth-order valence-corrected chi connectivity index (χ4v) is 1.55. The van der Waals surface area contributed by atoms with Gasteiger partial charge in [0.2, 0.25) is 11.7 Å². The number of allylic oxidation sites excluding steroid dienone is 3. The van der Waals surface area contributed by atoms with Crippen molar-refractivity contribution in [1.29, 1.82) is 0 Å². The summed E-state index contributed by atoms with van der Waals surface area (Å²) in [6.07, 6.45) is -1.90. The first-order chi connectivity index (χ1) is 14.0. The van der Waals surface area contributed by atoms with Gasteiger partial charge in [0.15, 0.2) is 11.6 Å². The SMILES string of the molecule is NCCOCCOCCOCCOCCC(=O)OC(=C\F)/C(F)=C(F)\C(F)=C\F. The van der Waals surface area contributed by atoms with E-state index in [9.17, 15) is 26.7 Å². The number of nitrogens with two attached hydrogens (primary N) is 1. The molecule has 0 unspecified atom stereocenters. The van der Waals surface area contributed by atoms with Gasteiger partial charge in [0.25, 0.3) is 0 Å². The molecule has 0 aromatic carbocycles. The Kier molecular flexibility index (Phi) is 17.0. The van der Waals surface area contributed by atoms with E-state index in [1.807, 2.05) is 0 Å². The highest BCUT2D eigenvalue weighted by molar-refractivity contribution is 5.71. The zero-order chi connectivity index (χ0) is 21.9. The smallest absolute Gasteiger partial charge is 0.313 e. The van der Waals surface area contributed by atoms with Gasteiger partial charge in [-0.15, -0.1) is 0 Å². The molecule has 0 aliphatic carbocycles. The number of halogens is 5. The van der Waals surface area contributed by atoms with E-state index in [0.29, 0.717) is 39.6 Å². The van der Waals surface area contributed by atoms with Crippen LogP contribution in [0.15, 0.2) is 35.9 Å². The molecule has 0 amide bonds. The lowest BCUT2D eigenvalue weighted by atomic mass is 10.3. The molecule has 0 spiro atoms. The molecule has 0 radical (unpaired) electrons. The highest BCUT2D eigenvalue weighted by Crippen LogP contribution is 2.25. The van der Waals surface area contributed by atoms with Crippen LogP contribution >= 0.6 is 0 Å². The van der Waals surface area contributed by atoms with Crippen LogP contribution < -0.4 is 5.73 Å². The van der Waals surface area contributed by atoms with Crippen LogP contribution in [-0.4, -0.2) is 65.4 Å². The van der Waals surface area contributed by atoms with E-state index in [2.05, 4.69) is 4.74 Å². The van der Waals surface area contributed by atoms with Crippen LogP contribution in [0.1, 0.15) is 6.42 Å². The molecule has 0 heterocycles. The second-order valence-corrected chi connectivity index (χ2v) is 5.02. The average Bonchev–Trinajstić information content (AvgIpc) is 2.73. The van der Waals surface area contributed by atoms with Crippen molar-refractivity contribution in [2.24, 2.45) is 5.73 Å². The lowest BCUT2D eigenvalue weighted by molar-refractivity contribution is -0.140. The van der Waals surface area contributed by atoms with Crippen LogP contribution in [-0.2, 0) is 28.5 Å². The molecule has 0 fully saturated rings. The van der Waals surface area contributed by atoms with Crippen molar-refractivity contribution in [3.63, 3.8) is 0 Å². The topological polar surface area (TPSA) is 89.2 Å². The van der Waals surface area contributed by atoms with Crippen LogP contribution in [0.3, 0.4) is 0 Å². The molecule has 0 aromatic rings. The quantitative estimate of drug-likeness (QED) is 0.124. The second-order valence-electron chi connectivity index (χ2n) is 5.02. The largest absolute Gasteiger partial charge is 0.421 e. The molecule has 29 heavy (non-hydrogen) atoms. The van der Waals surface area contributed by atoms with E-state index >= 15 is 0 Å².